The highest BCUT2D eigenvalue weighted by atomic mass is 32.1. The van der Waals surface area contributed by atoms with Crippen LogP contribution in [0.2, 0.25) is 0 Å². The predicted molar refractivity (Wildman–Crippen MR) is 64.4 cm³/mol. The quantitative estimate of drug-likeness (QED) is 0.825. The number of hydrogen-bond donors (Lipinski definition) is 2. The van der Waals surface area contributed by atoms with E-state index in [1.54, 1.807) is 0 Å². The molecule has 15 heavy (non-hydrogen) atoms. The Morgan fingerprint density at radius 1 is 1.53 bits per heavy atom. The van der Waals surface area contributed by atoms with Crippen LogP contribution in [0.5, 0.6) is 0 Å². The maximum Gasteiger partial charge on any atom is 0.0960 e. The van der Waals surface area contributed by atoms with Crippen LogP contribution in [0.1, 0.15) is 41.6 Å². The molecule has 0 aliphatic carbocycles. The van der Waals surface area contributed by atoms with Crippen LogP contribution in [0.15, 0.2) is 6.20 Å². The molecule has 2 rings (SSSR count). The fourth-order valence-electron chi connectivity index (χ4n) is 1.90. The maximum absolute atomic E-state index is 4.56. The maximum atomic E-state index is 4.56. The number of aromatic nitrogens is 1. The molecule has 0 amide bonds. The van der Waals surface area contributed by atoms with Crippen LogP contribution in [0, 0.1) is 0 Å². The summed E-state index contributed by atoms with van der Waals surface area (Å²) in [5, 5.41) is 7.97. The first-order chi connectivity index (χ1) is 7.31. The highest BCUT2D eigenvalue weighted by Gasteiger charge is 2.19. The highest BCUT2D eigenvalue weighted by molar-refractivity contribution is 7.11. The van der Waals surface area contributed by atoms with Crippen molar-refractivity contribution in [1.29, 1.82) is 0 Å². The molecule has 1 aromatic rings. The molecule has 0 spiro atoms. The molecule has 0 aromatic carbocycles. The second kappa shape index (κ2) is 5.05. The number of thiazole rings is 1. The van der Waals surface area contributed by atoms with Gasteiger partial charge in [0, 0.05) is 23.0 Å². The first kappa shape index (κ1) is 11.0. The lowest BCUT2D eigenvalue weighted by Crippen LogP contribution is -2.26. The van der Waals surface area contributed by atoms with Gasteiger partial charge < -0.3 is 10.6 Å². The molecule has 1 unspecified atom stereocenters. The van der Waals surface area contributed by atoms with Gasteiger partial charge in [-0.1, -0.05) is 0 Å². The van der Waals surface area contributed by atoms with E-state index in [-0.39, 0.29) is 0 Å². The van der Waals surface area contributed by atoms with Crippen LogP contribution >= 0.6 is 11.3 Å². The lowest BCUT2D eigenvalue weighted by molar-refractivity contribution is 0.459. The van der Waals surface area contributed by atoms with Crippen LogP contribution in [-0.2, 0) is 0 Å². The summed E-state index contributed by atoms with van der Waals surface area (Å²) >= 11 is 1.87. The van der Waals surface area contributed by atoms with Crippen molar-refractivity contribution in [3.63, 3.8) is 0 Å². The predicted octanol–water partition coefficient (Wildman–Crippen LogP) is 1.89. The van der Waals surface area contributed by atoms with Crippen molar-refractivity contribution in [3.8, 4) is 0 Å². The summed E-state index contributed by atoms with van der Waals surface area (Å²) in [6.45, 7) is 4.46. The van der Waals surface area contributed by atoms with Crippen molar-refractivity contribution in [2.24, 2.45) is 0 Å². The molecule has 2 heterocycles. The Balaban J connectivity index is 2.05. The first-order valence-corrected chi connectivity index (χ1v) is 6.46. The lowest BCUT2D eigenvalue weighted by Gasteiger charge is -2.20. The smallest absolute Gasteiger partial charge is 0.0960 e. The Hall–Kier alpha value is -0.450. The highest BCUT2D eigenvalue weighted by Crippen LogP contribution is 2.30. The minimum Gasteiger partial charge on any atom is -0.317 e. The molecule has 1 fully saturated rings. The zero-order valence-corrected chi connectivity index (χ0v) is 10.2. The molecule has 1 saturated heterocycles. The second-order valence-corrected chi connectivity index (χ2v) is 5.23. The van der Waals surface area contributed by atoms with Gasteiger partial charge in [-0.3, -0.25) is 0 Å². The van der Waals surface area contributed by atoms with Gasteiger partial charge in [0.1, 0.15) is 0 Å². The summed E-state index contributed by atoms with van der Waals surface area (Å²) in [5.41, 5.74) is 0. The van der Waals surface area contributed by atoms with Gasteiger partial charge >= 0.3 is 0 Å². The summed E-state index contributed by atoms with van der Waals surface area (Å²) in [4.78, 5) is 5.91. The first-order valence-electron chi connectivity index (χ1n) is 5.65. The van der Waals surface area contributed by atoms with E-state index in [9.17, 15) is 0 Å². The van der Waals surface area contributed by atoms with Crippen LogP contribution in [0.3, 0.4) is 0 Å². The van der Waals surface area contributed by atoms with E-state index in [0.717, 1.165) is 13.1 Å². The molecule has 4 heteroatoms. The molecule has 1 aromatic heterocycles. The molecule has 2 N–H and O–H groups in total. The summed E-state index contributed by atoms with van der Waals surface area (Å²) < 4.78 is 0. The van der Waals surface area contributed by atoms with Gasteiger partial charge in [0.25, 0.3) is 0 Å². The Labute approximate surface area is 95.3 Å². The van der Waals surface area contributed by atoms with E-state index < -0.39 is 0 Å². The zero-order chi connectivity index (χ0) is 10.7. The third-order valence-electron chi connectivity index (χ3n) is 3.09. The monoisotopic (exact) mass is 225 g/mol. The van der Waals surface area contributed by atoms with Crippen molar-refractivity contribution < 1.29 is 0 Å². The topological polar surface area (TPSA) is 37.0 Å². The summed E-state index contributed by atoms with van der Waals surface area (Å²) in [6.07, 6.45) is 4.50. The molecular weight excluding hydrogens is 206 g/mol. The standard InChI is InChI=1S/C11H19N3S/c1-8(12-2)10-7-14-11(15-10)9-3-5-13-6-4-9/h7-9,12-13H,3-6H2,1-2H3. The van der Waals surface area contributed by atoms with Gasteiger partial charge in [0.15, 0.2) is 0 Å². The van der Waals surface area contributed by atoms with E-state index in [1.807, 2.05) is 24.6 Å². The number of rotatable bonds is 3. The Morgan fingerprint density at radius 2 is 2.27 bits per heavy atom. The third kappa shape index (κ3) is 2.56. The average Bonchev–Trinajstić information content (AvgIpc) is 2.78. The molecule has 1 atom stereocenters. The van der Waals surface area contributed by atoms with E-state index in [2.05, 4.69) is 22.5 Å². The van der Waals surface area contributed by atoms with E-state index >= 15 is 0 Å². The molecule has 0 bridgehead atoms. The normalized spacial score (nSPS) is 20.4. The van der Waals surface area contributed by atoms with Gasteiger partial charge in [-0.25, -0.2) is 4.98 Å². The van der Waals surface area contributed by atoms with E-state index in [0.29, 0.717) is 12.0 Å². The Bertz CT molecular complexity index is 305. The van der Waals surface area contributed by atoms with Gasteiger partial charge in [-0.05, 0) is 39.9 Å². The van der Waals surface area contributed by atoms with E-state index in [1.165, 1.54) is 22.7 Å². The van der Waals surface area contributed by atoms with Crippen molar-refractivity contribution in [2.45, 2.75) is 31.7 Å². The third-order valence-corrected chi connectivity index (χ3v) is 4.43. The van der Waals surface area contributed by atoms with Crippen LogP contribution in [-0.4, -0.2) is 25.1 Å². The molecule has 0 radical (unpaired) electrons. The number of nitrogens with zero attached hydrogens (tertiary/aromatic N) is 1. The second-order valence-electron chi connectivity index (χ2n) is 4.14. The Kier molecular flexibility index (Phi) is 3.72. The van der Waals surface area contributed by atoms with Gasteiger partial charge in [-0.15, -0.1) is 11.3 Å². The SMILES string of the molecule is CNC(C)c1cnc(C2CCNCC2)s1. The minimum absolute atomic E-state index is 0.429. The van der Waals surface area contributed by atoms with Gasteiger partial charge in [0.2, 0.25) is 0 Å². The largest absolute Gasteiger partial charge is 0.317 e. The number of nitrogens with one attached hydrogen (secondary N) is 2. The Morgan fingerprint density at radius 3 is 2.93 bits per heavy atom. The lowest BCUT2D eigenvalue weighted by atomic mass is 9.99. The van der Waals surface area contributed by atoms with E-state index in [4.69, 9.17) is 0 Å². The molecule has 84 valence electrons. The molecule has 0 saturated carbocycles. The fourth-order valence-corrected chi connectivity index (χ4v) is 3.05. The van der Waals surface area contributed by atoms with Crippen molar-refractivity contribution in [2.75, 3.05) is 20.1 Å². The van der Waals surface area contributed by atoms with Crippen LogP contribution in [0.4, 0.5) is 0 Å². The molecule has 1 aliphatic rings. The van der Waals surface area contributed by atoms with Crippen molar-refractivity contribution >= 4 is 11.3 Å². The minimum atomic E-state index is 0.429. The van der Waals surface area contributed by atoms with Crippen LogP contribution < -0.4 is 10.6 Å². The number of hydrogen-bond acceptors (Lipinski definition) is 4. The number of piperidine rings is 1. The molecule has 3 nitrogen and oxygen atoms in total. The van der Waals surface area contributed by atoms with Crippen LogP contribution in [0.25, 0.3) is 0 Å². The summed E-state index contributed by atoms with van der Waals surface area (Å²) in [6, 6.07) is 0.429. The fraction of sp³-hybridized carbons (Fsp3) is 0.727. The average molecular weight is 225 g/mol. The zero-order valence-electron chi connectivity index (χ0n) is 9.42. The van der Waals surface area contributed by atoms with Crippen molar-refractivity contribution in [3.05, 3.63) is 16.1 Å². The molecule has 1 aliphatic heterocycles. The summed E-state index contributed by atoms with van der Waals surface area (Å²) in [5.74, 6) is 0.689. The van der Waals surface area contributed by atoms with Gasteiger partial charge in [-0.2, -0.15) is 0 Å². The summed E-state index contributed by atoms with van der Waals surface area (Å²) in [7, 11) is 1.99. The van der Waals surface area contributed by atoms with Gasteiger partial charge in [0.05, 0.1) is 5.01 Å². The molecular formula is C11H19N3S. The van der Waals surface area contributed by atoms with Crippen molar-refractivity contribution in [1.82, 2.24) is 15.6 Å².